The molecular formula is C30H23ClN2O2. The molecule has 0 bridgehead atoms. The molecule has 0 aliphatic rings. The normalized spacial score (nSPS) is 10.9. The Labute approximate surface area is 208 Å². The summed E-state index contributed by atoms with van der Waals surface area (Å²) in [5.74, 6) is 0. The molecule has 0 fully saturated rings. The van der Waals surface area contributed by atoms with Crippen LogP contribution in [0.15, 0.2) is 103 Å². The lowest BCUT2D eigenvalue weighted by atomic mass is 10.0. The first kappa shape index (κ1) is 22.6. The van der Waals surface area contributed by atoms with Crippen LogP contribution in [0.2, 0.25) is 5.02 Å². The van der Waals surface area contributed by atoms with Crippen LogP contribution in [0.25, 0.3) is 49.4 Å². The molecule has 4 nitrogen and oxygen atoms in total. The summed E-state index contributed by atoms with van der Waals surface area (Å²) in [5.41, 5.74) is 4.46. The van der Waals surface area contributed by atoms with Crippen LogP contribution in [0.4, 0.5) is 5.69 Å². The van der Waals surface area contributed by atoms with Gasteiger partial charge in [0.05, 0.1) is 32.2 Å². The van der Waals surface area contributed by atoms with Gasteiger partial charge in [0, 0.05) is 22.2 Å². The molecule has 0 aliphatic carbocycles. The van der Waals surface area contributed by atoms with Crippen molar-refractivity contribution in [3.63, 3.8) is 0 Å². The van der Waals surface area contributed by atoms with E-state index in [2.05, 4.69) is 28.8 Å². The average Bonchev–Trinajstić information content (AvgIpc) is 3.23. The third-order valence-electron chi connectivity index (χ3n) is 6.16. The van der Waals surface area contributed by atoms with E-state index in [1.165, 1.54) is 0 Å². The zero-order valence-electron chi connectivity index (χ0n) is 19.4. The van der Waals surface area contributed by atoms with Crippen LogP contribution >= 0.6 is 11.6 Å². The molecule has 5 aromatic carbocycles. The summed E-state index contributed by atoms with van der Waals surface area (Å²) in [5, 5.41) is 16.5. The third kappa shape index (κ3) is 3.72. The summed E-state index contributed by atoms with van der Waals surface area (Å²) >= 11 is 6.78. The molecule has 0 saturated heterocycles. The van der Waals surface area contributed by atoms with Crippen molar-refractivity contribution in [3.8, 4) is 16.8 Å². The van der Waals surface area contributed by atoms with Gasteiger partial charge in [-0.25, -0.2) is 0 Å². The topological polar surface area (TPSA) is 48.1 Å². The van der Waals surface area contributed by atoms with Gasteiger partial charge >= 0.3 is 0 Å². The van der Waals surface area contributed by atoms with Gasteiger partial charge in [0.25, 0.3) is 5.69 Å². The number of fused-ring (bicyclic) bond motifs is 4. The fourth-order valence-corrected chi connectivity index (χ4v) is 4.96. The van der Waals surface area contributed by atoms with E-state index < -0.39 is 0 Å². The minimum atomic E-state index is -0.335. The summed E-state index contributed by atoms with van der Waals surface area (Å²) in [6, 6.07) is 33.2. The first-order chi connectivity index (χ1) is 17.1. The van der Waals surface area contributed by atoms with E-state index in [1.54, 1.807) is 18.2 Å². The number of hydrogen-bond donors (Lipinski definition) is 0. The van der Waals surface area contributed by atoms with E-state index >= 15 is 0 Å². The van der Waals surface area contributed by atoms with Gasteiger partial charge in [-0.15, -0.1) is 0 Å². The highest BCUT2D eigenvalue weighted by Gasteiger charge is 2.19. The molecule has 0 radical (unpaired) electrons. The van der Waals surface area contributed by atoms with E-state index in [0.717, 1.165) is 43.8 Å². The van der Waals surface area contributed by atoms with Crippen LogP contribution < -0.4 is 0 Å². The summed E-state index contributed by atoms with van der Waals surface area (Å²) in [7, 11) is 0. The molecule has 6 aromatic rings. The van der Waals surface area contributed by atoms with Crippen LogP contribution in [0.5, 0.6) is 0 Å². The maximum Gasteiger partial charge on any atom is 0.277 e. The van der Waals surface area contributed by atoms with Gasteiger partial charge in [0.15, 0.2) is 0 Å². The Morgan fingerprint density at radius 3 is 2.17 bits per heavy atom. The van der Waals surface area contributed by atoms with E-state index in [-0.39, 0.29) is 10.6 Å². The molecule has 0 atom stereocenters. The second-order valence-electron chi connectivity index (χ2n) is 7.98. The largest absolute Gasteiger partial charge is 0.307 e. The summed E-state index contributed by atoms with van der Waals surface area (Å²) < 4.78 is 2.19. The second kappa shape index (κ2) is 9.24. The highest BCUT2D eigenvalue weighted by Crippen LogP contribution is 2.40. The molecule has 1 aromatic heterocycles. The summed E-state index contributed by atoms with van der Waals surface area (Å²) in [6.45, 7) is 4.00. The highest BCUT2D eigenvalue weighted by atomic mass is 35.5. The lowest BCUT2D eigenvalue weighted by molar-refractivity contribution is -0.384. The van der Waals surface area contributed by atoms with Gasteiger partial charge in [-0.1, -0.05) is 92.2 Å². The van der Waals surface area contributed by atoms with E-state index in [9.17, 15) is 10.1 Å². The van der Waals surface area contributed by atoms with Gasteiger partial charge in [0.1, 0.15) is 0 Å². The average molecular weight is 479 g/mol. The molecule has 1 heterocycles. The molecular weight excluding hydrogens is 456 g/mol. The summed E-state index contributed by atoms with van der Waals surface area (Å²) in [4.78, 5) is 11.3. The van der Waals surface area contributed by atoms with Crippen molar-refractivity contribution >= 4 is 49.9 Å². The van der Waals surface area contributed by atoms with Crippen LogP contribution in [0.1, 0.15) is 13.8 Å². The Morgan fingerprint density at radius 2 is 1.37 bits per heavy atom. The Morgan fingerprint density at radius 1 is 0.714 bits per heavy atom. The van der Waals surface area contributed by atoms with Crippen molar-refractivity contribution in [1.29, 1.82) is 0 Å². The standard InChI is InChI=1S/C28H17ClN2O2.C2H6/c29-24-15-13-18-7-1-2-9-21(18)28(24)30-25-11-5-4-10-22(25)23-17-19(14-16-26(23)30)20-8-3-6-12-27(20)31(32)33;1-2/h1-17H;1-2H3. The number of nitrogens with zero attached hydrogens (tertiary/aromatic N) is 2. The van der Waals surface area contributed by atoms with E-state index in [0.29, 0.717) is 10.6 Å². The lowest BCUT2D eigenvalue weighted by Crippen LogP contribution is -1.96. The van der Waals surface area contributed by atoms with Gasteiger partial charge in [0.2, 0.25) is 0 Å². The van der Waals surface area contributed by atoms with Gasteiger partial charge in [-0.3, -0.25) is 10.1 Å². The van der Waals surface area contributed by atoms with Crippen molar-refractivity contribution in [2.75, 3.05) is 0 Å². The maximum absolute atomic E-state index is 11.6. The predicted octanol–water partition coefficient (Wildman–Crippen LogP) is 9.19. The first-order valence-electron chi connectivity index (χ1n) is 11.6. The summed E-state index contributed by atoms with van der Waals surface area (Å²) in [6.07, 6.45) is 0. The fraction of sp³-hybridized carbons (Fsp3) is 0.0667. The number of rotatable bonds is 3. The van der Waals surface area contributed by atoms with Crippen molar-refractivity contribution in [3.05, 3.63) is 118 Å². The van der Waals surface area contributed by atoms with E-state index in [1.807, 2.05) is 74.5 Å². The third-order valence-corrected chi connectivity index (χ3v) is 6.46. The Hall–Kier alpha value is -4.15. The number of benzene rings is 5. The smallest absolute Gasteiger partial charge is 0.277 e. The number of nitro benzene ring substituents is 1. The zero-order valence-corrected chi connectivity index (χ0v) is 20.2. The van der Waals surface area contributed by atoms with Gasteiger partial charge < -0.3 is 4.57 Å². The van der Waals surface area contributed by atoms with Gasteiger partial charge in [-0.2, -0.15) is 0 Å². The van der Waals surface area contributed by atoms with Crippen molar-refractivity contribution in [2.45, 2.75) is 13.8 Å². The Kier molecular flexibility index (Phi) is 5.98. The van der Waals surface area contributed by atoms with Crippen molar-refractivity contribution in [2.24, 2.45) is 0 Å². The second-order valence-corrected chi connectivity index (χ2v) is 8.38. The van der Waals surface area contributed by atoms with Crippen LogP contribution in [-0.2, 0) is 0 Å². The number of para-hydroxylation sites is 2. The van der Waals surface area contributed by atoms with Gasteiger partial charge in [-0.05, 0) is 41.3 Å². The Balaban J connectivity index is 0.00000124. The highest BCUT2D eigenvalue weighted by molar-refractivity contribution is 6.34. The molecule has 0 N–H and O–H groups in total. The number of halogens is 1. The maximum atomic E-state index is 11.6. The fourth-order valence-electron chi connectivity index (χ4n) is 4.71. The molecule has 0 amide bonds. The van der Waals surface area contributed by atoms with Crippen LogP contribution in [0.3, 0.4) is 0 Å². The molecule has 0 saturated carbocycles. The molecule has 0 aliphatic heterocycles. The molecule has 172 valence electrons. The number of hydrogen-bond acceptors (Lipinski definition) is 2. The molecule has 6 rings (SSSR count). The Bertz CT molecular complexity index is 1720. The monoisotopic (exact) mass is 478 g/mol. The lowest BCUT2D eigenvalue weighted by Gasteiger charge is -2.14. The van der Waals surface area contributed by atoms with Crippen LogP contribution in [0, 0.1) is 10.1 Å². The van der Waals surface area contributed by atoms with Crippen LogP contribution in [-0.4, -0.2) is 9.49 Å². The quantitative estimate of drug-likeness (QED) is 0.188. The molecule has 5 heteroatoms. The SMILES string of the molecule is CC.O=[N+]([O-])c1ccccc1-c1ccc2c(c1)c1ccccc1n2-c1c(Cl)ccc2ccccc12. The first-order valence-corrected chi connectivity index (χ1v) is 12.0. The van der Waals surface area contributed by atoms with Crippen molar-refractivity contribution < 1.29 is 4.92 Å². The molecule has 35 heavy (non-hydrogen) atoms. The predicted molar refractivity (Wildman–Crippen MR) is 147 cm³/mol. The zero-order chi connectivity index (χ0) is 24.5. The minimum absolute atomic E-state index is 0.0951. The van der Waals surface area contributed by atoms with Crippen molar-refractivity contribution in [1.82, 2.24) is 4.57 Å². The minimum Gasteiger partial charge on any atom is -0.307 e. The number of aromatic nitrogens is 1. The molecule has 0 unspecified atom stereocenters. The van der Waals surface area contributed by atoms with E-state index in [4.69, 9.17) is 11.6 Å². The molecule has 0 spiro atoms. The number of nitro groups is 1.